The van der Waals surface area contributed by atoms with Gasteiger partial charge in [-0.05, 0) is 6.92 Å². The van der Waals surface area contributed by atoms with Gasteiger partial charge in [0, 0.05) is 31.1 Å². The largest absolute Gasteiger partial charge is 0.346 e. The van der Waals surface area contributed by atoms with E-state index in [2.05, 4.69) is 14.9 Å². The first-order valence-electron chi connectivity index (χ1n) is 6.17. The van der Waals surface area contributed by atoms with Gasteiger partial charge in [-0.3, -0.25) is 14.3 Å². The van der Waals surface area contributed by atoms with Crippen molar-refractivity contribution in [1.29, 1.82) is 0 Å². The maximum absolute atomic E-state index is 12.2. The van der Waals surface area contributed by atoms with E-state index in [4.69, 9.17) is 0 Å². The number of nitrogens with one attached hydrogen (secondary N) is 1. The first-order chi connectivity index (χ1) is 9.20. The SMILES string of the molecule is CCn1c(=O)[nH]c2nc(N3CCSCC3)sc2c1=O. The van der Waals surface area contributed by atoms with E-state index < -0.39 is 0 Å². The third-order valence-corrected chi connectivity index (χ3v) is 5.17. The zero-order valence-corrected chi connectivity index (χ0v) is 12.1. The second kappa shape index (κ2) is 5.01. The van der Waals surface area contributed by atoms with Gasteiger partial charge in [0.25, 0.3) is 5.56 Å². The number of thioether (sulfide) groups is 1. The average Bonchev–Trinajstić information content (AvgIpc) is 2.84. The molecule has 0 amide bonds. The Balaban J connectivity index is 2.12. The quantitative estimate of drug-likeness (QED) is 0.884. The Kier molecular flexibility index (Phi) is 3.36. The first-order valence-corrected chi connectivity index (χ1v) is 8.14. The molecule has 0 saturated carbocycles. The van der Waals surface area contributed by atoms with Gasteiger partial charge in [-0.15, -0.1) is 0 Å². The molecule has 0 unspecified atom stereocenters. The second-order valence-corrected chi connectivity index (χ2v) is 6.46. The summed E-state index contributed by atoms with van der Waals surface area (Å²) in [5.74, 6) is 2.15. The number of thiazole rings is 1. The molecule has 1 saturated heterocycles. The lowest BCUT2D eigenvalue weighted by Crippen LogP contribution is -2.33. The molecule has 2 aromatic rings. The Bertz CT molecular complexity index is 712. The highest BCUT2D eigenvalue weighted by molar-refractivity contribution is 7.99. The van der Waals surface area contributed by atoms with E-state index in [0.29, 0.717) is 16.9 Å². The highest BCUT2D eigenvalue weighted by atomic mass is 32.2. The summed E-state index contributed by atoms with van der Waals surface area (Å²) in [6.07, 6.45) is 0. The van der Waals surface area contributed by atoms with Crippen LogP contribution < -0.4 is 16.1 Å². The molecule has 0 atom stereocenters. The fraction of sp³-hybridized carbons (Fsp3) is 0.545. The number of rotatable bonds is 2. The number of nitrogens with zero attached hydrogens (tertiary/aromatic N) is 3. The van der Waals surface area contributed by atoms with Gasteiger partial charge < -0.3 is 4.90 Å². The molecule has 0 aliphatic carbocycles. The van der Waals surface area contributed by atoms with Gasteiger partial charge in [0.2, 0.25) is 0 Å². The fourth-order valence-electron chi connectivity index (χ4n) is 2.10. The summed E-state index contributed by atoms with van der Waals surface area (Å²) < 4.78 is 1.74. The number of hydrogen-bond acceptors (Lipinski definition) is 6. The van der Waals surface area contributed by atoms with Crippen molar-refractivity contribution in [2.75, 3.05) is 29.5 Å². The maximum atomic E-state index is 12.2. The van der Waals surface area contributed by atoms with Crippen LogP contribution in [0.25, 0.3) is 10.3 Å². The molecule has 2 aromatic heterocycles. The first kappa shape index (κ1) is 12.7. The van der Waals surface area contributed by atoms with Gasteiger partial charge in [-0.2, -0.15) is 11.8 Å². The molecule has 0 spiro atoms. The Morgan fingerprint density at radius 3 is 2.74 bits per heavy atom. The number of hydrogen-bond donors (Lipinski definition) is 1. The number of H-pyrrole nitrogens is 1. The molecule has 1 fully saturated rings. The molecule has 1 aliphatic rings. The minimum atomic E-state index is -0.383. The lowest BCUT2D eigenvalue weighted by molar-refractivity contribution is 0.684. The van der Waals surface area contributed by atoms with Crippen molar-refractivity contribution >= 4 is 38.6 Å². The van der Waals surface area contributed by atoms with Crippen LogP contribution in [0.15, 0.2) is 9.59 Å². The predicted molar refractivity (Wildman–Crippen MR) is 79.7 cm³/mol. The molecule has 0 bridgehead atoms. The number of aromatic nitrogens is 3. The fourth-order valence-corrected chi connectivity index (χ4v) is 4.02. The van der Waals surface area contributed by atoms with E-state index in [-0.39, 0.29) is 11.2 Å². The highest BCUT2D eigenvalue weighted by Crippen LogP contribution is 2.26. The summed E-state index contributed by atoms with van der Waals surface area (Å²) in [6.45, 7) is 4.04. The van der Waals surface area contributed by atoms with Crippen LogP contribution in [0.3, 0.4) is 0 Å². The van der Waals surface area contributed by atoms with Gasteiger partial charge >= 0.3 is 5.69 Å². The molecule has 1 N–H and O–H groups in total. The lowest BCUT2D eigenvalue weighted by atomic mass is 10.5. The van der Waals surface area contributed by atoms with Crippen LogP contribution in [0.1, 0.15) is 6.92 Å². The zero-order valence-electron chi connectivity index (χ0n) is 10.5. The molecule has 102 valence electrons. The monoisotopic (exact) mass is 298 g/mol. The van der Waals surface area contributed by atoms with Crippen LogP contribution >= 0.6 is 23.1 Å². The Labute approximate surface area is 117 Å². The molecule has 3 heterocycles. The molecule has 19 heavy (non-hydrogen) atoms. The third-order valence-electron chi connectivity index (χ3n) is 3.12. The number of fused-ring (bicyclic) bond motifs is 1. The molecule has 3 rings (SSSR count). The van der Waals surface area contributed by atoms with Crippen LogP contribution in [-0.4, -0.2) is 39.1 Å². The Morgan fingerprint density at radius 2 is 2.05 bits per heavy atom. The summed E-state index contributed by atoms with van der Waals surface area (Å²) in [6, 6.07) is 0. The number of anilines is 1. The molecule has 1 aliphatic heterocycles. The van der Waals surface area contributed by atoms with Gasteiger partial charge in [-0.25, -0.2) is 9.78 Å². The minimum Gasteiger partial charge on any atom is -0.346 e. The molecule has 6 nitrogen and oxygen atoms in total. The molecule has 0 radical (unpaired) electrons. The van der Waals surface area contributed by atoms with Crippen molar-refractivity contribution < 1.29 is 0 Å². The summed E-state index contributed by atoms with van der Waals surface area (Å²) in [5.41, 5.74) is -0.208. The maximum Gasteiger partial charge on any atom is 0.330 e. The van der Waals surface area contributed by atoms with Gasteiger partial charge in [0.15, 0.2) is 10.8 Å². The summed E-state index contributed by atoms with van der Waals surface area (Å²) in [4.78, 5) is 33.2. The third kappa shape index (κ3) is 2.18. The van der Waals surface area contributed by atoms with E-state index in [1.165, 1.54) is 15.9 Å². The van der Waals surface area contributed by atoms with Gasteiger partial charge in [-0.1, -0.05) is 11.3 Å². The van der Waals surface area contributed by atoms with Crippen LogP contribution in [-0.2, 0) is 6.54 Å². The van der Waals surface area contributed by atoms with Crippen LogP contribution in [0.5, 0.6) is 0 Å². The standard InChI is InChI=1S/C11H14N4O2S2/c1-2-15-9(16)7-8(12-10(15)17)13-11(19-7)14-3-5-18-6-4-14/h2-6H2,1H3,(H,12,17). The van der Waals surface area contributed by atoms with Crippen molar-refractivity contribution in [2.24, 2.45) is 0 Å². The molecule has 0 aromatic carbocycles. The minimum absolute atomic E-state index is 0.239. The van der Waals surface area contributed by atoms with E-state index in [1.807, 2.05) is 11.8 Å². The summed E-state index contributed by atoms with van der Waals surface area (Å²) in [7, 11) is 0. The summed E-state index contributed by atoms with van der Waals surface area (Å²) in [5, 5.41) is 0.830. The van der Waals surface area contributed by atoms with Gasteiger partial charge in [0.1, 0.15) is 4.70 Å². The van der Waals surface area contributed by atoms with E-state index >= 15 is 0 Å². The van der Waals surface area contributed by atoms with E-state index in [1.54, 1.807) is 6.92 Å². The van der Waals surface area contributed by atoms with Crippen LogP contribution in [0.4, 0.5) is 5.13 Å². The average molecular weight is 298 g/mol. The Hall–Kier alpha value is -1.28. The van der Waals surface area contributed by atoms with E-state index in [0.717, 1.165) is 29.7 Å². The normalized spacial score (nSPS) is 16.2. The van der Waals surface area contributed by atoms with Crippen molar-refractivity contribution in [1.82, 2.24) is 14.5 Å². The zero-order chi connectivity index (χ0) is 13.4. The van der Waals surface area contributed by atoms with Crippen molar-refractivity contribution in [3.05, 3.63) is 20.8 Å². The smallest absolute Gasteiger partial charge is 0.330 e. The topological polar surface area (TPSA) is 71.0 Å². The van der Waals surface area contributed by atoms with Crippen molar-refractivity contribution in [2.45, 2.75) is 13.5 Å². The van der Waals surface area contributed by atoms with Crippen LogP contribution in [0, 0.1) is 0 Å². The van der Waals surface area contributed by atoms with Crippen molar-refractivity contribution in [3.63, 3.8) is 0 Å². The summed E-state index contributed by atoms with van der Waals surface area (Å²) >= 11 is 3.29. The van der Waals surface area contributed by atoms with Crippen LogP contribution in [0.2, 0.25) is 0 Å². The number of aromatic amines is 1. The lowest BCUT2D eigenvalue weighted by Gasteiger charge is -2.25. The van der Waals surface area contributed by atoms with Gasteiger partial charge in [0.05, 0.1) is 0 Å². The van der Waals surface area contributed by atoms with E-state index in [9.17, 15) is 9.59 Å². The molecular weight excluding hydrogens is 284 g/mol. The molecular formula is C11H14N4O2S2. The second-order valence-electron chi connectivity index (χ2n) is 4.25. The molecule has 8 heteroatoms. The highest BCUT2D eigenvalue weighted by Gasteiger charge is 2.18. The Morgan fingerprint density at radius 1 is 1.32 bits per heavy atom. The predicted octanol–water partition coefficient (Wildman–Crippen LogP) is 0.719. The van der Waals surface area contributed by atoms with Crippen molar-refractivity contribution in [3.8, 4) is 0 Å².